The second kappa shape index (κ2) is 16.1. The molecule has 0 aromatic rings. The highest BCUT2D eigenvalue weighted by Crippen LogP contribution is 2.19. The van der Waals surface area contributed by atoms with Crippen molar-refractivity contribution in [1.29, 1.82) is 0 Å². The van der Waals surface area contributed by atoms with Crippen molar-refractivity contribution in [1.82, 2.24) is 0 Å². The van der Waals surface area contributed by atoms with E-state index in [-0.39, 0.29) is 6.42 Å². The van der Waals surface area contributed by atoms with Crippen LogP contribution in [0.5, 0.6) is 0 Å². The van der Waals surface area contributed by atoms with Crippen LogP contribution in [0.2, 0.25) is 0 Å². The Morgan fingerprint density at radius 2 is 1.08 bits per heavy atom. The van der Waals surface area contributed by atoms with E-state index in [2.05, 4.69) is 13.8 Å². The van der Waals surface area contributed by atoms with Gasteiger partial charge in [0, 0.05) is 0 Å². The lowest BCUT2D eigenvalue weighted by atomic mass is 10.0. The molecule has 5 heteroatoms. The molecule has 0 rings (SSSR count). The average molecular weight is 379 g/mol. The first-order chi connectivity index (χ1) is 11.9. The lowest BCUT2D eigenvalue weighted by molar-refractivity contribution is 0.146. The molecule has 0 spiro atoms. The van der Waals surface area contributed by atoms with Crippen LogP contribution in [0.3, 0.4) is 0 Å². The molecular weight excluding hydrogens is 336 g/mol. The molecule has 0 radical (unpaired) electrons. The molecule has 0 aliphatic rings. The Bertz CT molecular complexity index is 381. The fourth-order valence-corrected chi connectivity index (χ4v) is 4.23. The molecule has 0 saturated carbocycles. The van der Waals surface area contributed by atoms with Crippen molar-refractivity contribution >= 4 is 10.1 Å². The Labute approximate surface area is 156 Å². The molecule has 0 fully saturated rings. The molecule has 152 valence electrons. The van der Waals surface area contributed by atoms with E-state index in [1.165, 1.54) is 51.4 Å². The fraction of sp³-hybridized carbons (Fsp3) is 1.00. The quantitative estimate of drug-likeness (QED) is 0.230. The molecule has 0 aliphatic carbocycles. The number of aliphatic hydroxyl groups excluding tert-OH is 1. The zero-order valence-electron chi connectivity index (χ0n) is 16.6. The molecule has 0 bridgehead atoms. The summed E-state index contributed by atoms with van der Waals surface area (Å²) in [4.78, 5) is 0. The first-order valence-corrected chi connectivity index (χ1v) is 12.1. The molecule has 25 heavy (non-hydrogen) atoms. The van der Waals surface area contributed by atoms with Crippen LogP contribution in [0.15, 0.2) is 0 Å². The van der Waals surface area contributed by atoms with Gasteiger partial charge in [0.2, 0.25) is 0 Å². The van der Waals surface area contributed by atoms with E-state index in [9.17, 15) is 18.1 Å². The van der Waals surface area contributed by atoms with Gasteiger partial charge in [-0.3, -0.25) is 4.55 Å². The Kier molecular flexibility index (Phi) is 16.0. The molecule has 0 aliphatic heterocycles. The number of unbranched alkanes of at least 4 members (excludes halogenated alkanes) is 11. The van der Waals surface area contributed by atoms with Gasteiger partial charge in [-0.05, 0) is 19.3 Å². The topological polar surface area (TPSA) is 74.6 Å². The van der Waals surface area contributed by atoms with Crippen LogP contribution in [0.4, 0.5) is 0 Å². The molecule has 2 N–H and O–H groups in total. The van der Waals surface area contributed by atoms with Crippen LogP contribution < -0.4 is 0 Å². The highest BCUT2D eigenvalue weighted by Gasteiger charge is 2.25. The van der Waals surface area contributed by atoms with Crippen molar-refractivity contribution in [2.75, 3.05) is 0 Å². The van der Waals surface area contributed by atoms with E-state index in [0.29, 0.717) is 12.8 Å². The van der Waals surface area contributed by atoms with Crippen molar-refractivity contribution in [3.8, 4) is 0 Å². The Hall–Kier alpha value is -0.130. The fourth-order valence-electron chi connectivity index (χ4n) is 3.30. The molecule has 0 saturated heterocycles. The van der Waals surface area contributed by atoms with Crippen molar-refractivity contribution in [3.05, 3.63) is 0 Å². The third kappa shape index (κ3) is 15.8. The maximum atomic E-state index is 11.4. The van der Waals surface area contributed by atoms with Gasteiger partial charge in [-0.25, -0.2) is 0 Å². The number of hydrogen-bond acceptors (Lipinski definition) is 3. The predicted octanol–water partition coefficient (Wildman–Crippen LogP) is 5.89. The third-order valence-electron chi connectivity index (χ3n) is 4.98. The number of hydrogen-bond donors (Lipinski definition) is 2. The molecule has 2 atom stereocenters. The summed E-state index contributed by atoms with van der Waals surface area (Å²) < 4.78 is 32.2. The third-order valence-corrected chi connectivity index (χ3v) is 6.25. The van der Waals surface area contributed by atoms with Crippen LogP contribution in [-0.4, -0.2) is 29.4 Å². The summed E-state index contributed by atoms with van der Waals surface area (Å²) in [6.45, 7) is 4.29. The maximum absolute atomic E-state index is 11.4. The minimum Gasteiger partial charge on any atom is -0.393 e. The van der Waals surface area contributed by atoms with Crippen LogP contribution in [0, 0.1) is 0 Å². The molecule has 2 unspecified atom stereocenters. The van der Waals surface area contributed by atoms with Gasteiger partial charge < -0.3 is 5.11 Å². The van der Waals surface area contributed by atoms with Gasteiger partial charge in [-0.1, -0.05) is 97.3 Å². The maximum Gasteiger partial charge on any atom is 0.267 e. The van der Waals surface area contributed by atoms with Gasteiger partial charge in [0.15, 0.2) is 0 Å². The van der Waals surface area contributed by atoms with Crippen LogP contribution >= 0.6 is 0 Å². The van der Waals surface area contributed by atoms with E-state index >= 15 is 0 Å². The smallest absolute Gasteiger partial charge is 0.267 e. The Morgan fingerprint density at radius 3 is 1.56 bits per heavy atom. The highest BCUT2D eigenvalue weighted by molar-refractivity contribution is 7.86. The average Bonchev–Trinajstić information content (AvgIpc) is 2.55. The molecule has 4 nitrogen and oxygen atoms in total. The lowest BCUT2D eigenvalue weighted by Crippen LogP contribution is -2.26. The van der Waals surface area contributed by atoms with Crippen molar-refractivity contribution in [3.63, 3.8) is 0 Å². The predicted molar refractivity (Wildman–Crippen MR) is 107 cm³/mol. The van der Waals surface area contributed by atoms with E-state index < -0.39 is 21.5 Å². The van der Waals surface area contributed by atoms with Gasteiger partial charge in [0.05, 0.1) is 11.4 Å². The number of rotatable bonds is 18. The minimum absolute atomic E-state index is 0.167. The normalized spacial score (nSPS) is 14.6. The van der Waals surface area contributed by atoms with Gasteiger partial charge in [-0.15, -0.1) is 0 Å². The molecular formula is C20H42O4S. The van der Waals surface area contributed by atoms with Gasteiger partial charge in [0.1, 0.15) is 0 Å². The largest absolute Gasteiger partial charge is 0.393 e. The van der Waals surface area contributed by atoms with E-state index in [4.69, 9.17) is 0 Å². The SMILES string of the molecule is CCCCCCCCCCCCC(O)CC(CCCCC)S(=O)(=O)O. The summed E-state index contributed by atoms with van der Waals surface area (Å²) in [6, 6.07) is 0. The van der Waals surface area contributed by atoms with E-state index in [1.807, 2.05) is 0 Å². The monoisotopic (exact) mass is 378 g/mol. The molecule has 0 amide bonds. The van der Waals surface area contributed by atoms with Gasteiger partial charge in [-0.2, -0.15) is 8.42 Å². The second-order valence-corrected chi connectivity index (χ2v) is 9.19. The first-order valence-electron chi connectivity index (χ1n) is 10.6. The van der Waals surface area contributed by atoms with Crippen molar-refractivity contribution < 1.29 is 18.1 Å². The summed E-state index contributed by atoms with van der Waals surface area (Å²) >= 11 is 0. The standard InChI is InChI=1S/C20H42O4S/c1-3-5-7-8-9-10-11-12-13-15-16-19(21)18-20(25(22,23)24)17-14-6-4-2/h19-21H,3-18H2,1-2H3,(H,22,23,24). The Balaban J connectivity index is 3.73. The molecule has 0 aromatic carbocycles. The summed E-state index contributed by atoms with van der Waals surface area (Å²) in [7, 11) is -4.05. The van der Waals surface area contributed by atoms with Crippen molar-refractivity contribution in [2.45, 2.75) is 128 Å². The van der Waals surface area contributed by atoms with E-state index in [1.54, 1.807) is 0 Å². The lowest BCUT2D eigenvalue weighted by Gasteiger charge is -2.18. The zero-order chi connectivity index (χ0) is 19.0. The summed E-state index contributed by atoms with van der Waals surface area (Å²) in [5.74, 6) is 0. The second-order valence-electron chi connectivity index (χ2n) is 7.49. The Morgan fingerprint density at radius 1 is 0.680 bits per heavy atom. The minimum atomic E-state index is -4.05. The van der Waals surface area contributed by atoms with E-state index in [0.717, 1.165) is 32.1 Å². The molecule has 0 aromatic heterocycles. The van der Waals surface area contributed by atoms with Crippen LogP contribution in [-0.2, 0) is 10.1 Å². The van der Waals surface area contributed by atoms with Crippen molar-refractivity contribution in [2.24, 2.45) is 0 Å². The number of aliphatic hydroxyl groups is 1. The highest BCUT2D eigenvalue weighted by atomic mass is 32.2. The molecule has 0 heterocycles. The van der Waals surface area contributed by atoms with Gasteiger partial charge >= 0.3 is 0 Å². The van der Waals surface area contributed by atoms with Crippen LogP contribution in [0.1, 0.15) is 117 Å². The van der Waals surface area contributed by atoms with Crippen LogP contribution in [0.25, 0.3) is 0 Å². The van der Waals surface area contributed by atoms with Gasteiger partial charge in [0.25, 0.3) is 10.1 Å². The summed E-state index contributed by atoms with van der Waals surface area (Å²) in [5, 5.41) is 9.28. The summed E-state index contributed by atoms with van der Waals surface area (Å²) in [6.07, 6.45) is 15.8. The first kappa shape index (κ1) is 24.9. The zero-order valence-corrected chi connectivity index (χ0v) is 17.4. The summed E-state index contributed by atoms with van der Waals surface area (Å²) in [5.41, 5.74) is 0.